The van der Waals surface area contributed by atoms with Crippen molar-refractivity contribution in [1.29, 1.82) is 0 Å². The average molecular weight is 485 g/mol. The van der Waals surface area contributed by atoms with E-state index in [9.17, 15) is 18.3 Å². The Bertz CT molecular complexity index is 890. The summed E-state index contributed by atoms with van der Waals surface area (Å²) in [5, 5.41) is 10.4. The van der Waals surface area contributed by atoms with Gasteiger partial charge in [0.25, 0.3) is 0 Å². The van der Waals surface area contributed by atoms with Crippen LogP contribution in [0.15, 0.2) is 34.8 Å². The molecule has 0 amide bonds. The number of thiol groups is 1. The number of carbonyl (C=O) groups is 1. The second-order valence-corrected chi connectivity index (χ2v) is 7.51. The Morgan fingerprint density at radius 1 is 1.23 bits per heavy atom. The monoisotopic (exact) mass is 483 g/mol. The molecule has 0 saturated heterocycles. The number of rotatable bonds is 6. The molecular formula is C15H12BrCl2NO6S. The first kappa shape index (κ1) is 20.6. The lowest BCUT2D eigenvalue weighted by molar-refractivity contribution is -0.138. The minimum Gasteiger partial charge on any atom is -0.506 e. The second kappa shape index (κ2) is 8.81. The molecule has 0 atom stereocenters. The van der Waals surface area contributed by atoms with Gasteiger partial charge in [0.2, 0.25) is 10.9 Å². The topological polar surface area (TPSA) is 93.1 Å². The summed E-state index contributed by atoms with van der Waals surface area (Å²) in [5.41, 5.74) is -0.159. The van der Waals surface area contributed by atoms with Crippen molar-refractivity contribution in [3.8, 4) is 17.2 Å². The van der Waals surface area contributed by atoms with Crippen LogP contribution in [-0.4, -0.2) is 33.1 Å². The van der Waals surface area contributed by atoms with Crippen LogP contribution in [0.5, 0.6) is 17.2 Å². The average Bonchev–Trinajstić information content (AvgIpc) is 2.57. The van der Waals surface area contributed by atoms with Crippen LogP contribution < -0.4 is 9.04 Å². The van der Waals surface area contributed by atoms with Gasteiger partial charge in [0.05, 0.1) is 22.8 Å². The molecule has 0 fully saturated rings. The summed E-state index contributed by atoms with van der Waals surface area (Å²) in [5.74, 6) is -0.864. The second-order valence-electron chi connectivity index (χ2n) is 4.82. The van der Waals surface area contributed by atoms with Crippen LogP contribution in [0.2, 0.25) is 10.0 Å². The third kappa shape index (κ3) is 4.94. The zero-order valence-corrected chi connectivity index (χ0v) is 17.1. The van der Waals surface area contributed by atoms with Gasteiger partial charge in [-0.3, -0.25) is 9.10 Å². The van der Waals surface area contributed by atoms with Gasteiger partial charge in [-0.1, -0.05) is 39.1 Å². The lowest BCUT2D eigenvalue weighted by Crippen LogP contribution is -2.29. The third-order valence-electron chi connectivity index (χ3n) is 3.11. The Kier molecular flexibility index (Phi) is 6.99. The van der Waals surface area contributed by atoms with E-state index in [-0.39, 0.29) is 33.0 Å². The number of carbonyl (C=O) groups excluding carboxylic acids is 1. The highest BCUT2D eigenvalue weighted by Crippen LogP contribution is 2.40. The molecule has 2 rings (SSSR count). The number of phenols is 1. The molecule has 140 valence electrons. The van der Waals surface area contributed by atoms with Crippen molar-refractivity contribution in [3.63, 3.8) is 0 Å². The van der Waals surface area contributed by atoms with Gasteiger partial charge in [0.15, 0.2) is 5.75 Å². The fourth-order valence-electron chi connectivity index (χ4n) is 1.94. The number of phenolic OH excluding ortho intramolecular Hbond substituents is 1. The van der Waals surface area contributed by atoms with E-state index in [0.29, 0.717) is 8.78 Å². The smallest absolute Gasteiger partial charge is 0.326 e. The molecule has 0 aliphatic carbocycles. The van der Waals surface area contributed by atoms with Crippen molar-refractivity contribution in [2.24, 2.45) is 0 Å². The van der Waals surface area contributed by atoms with Gasteiger partial charge in [-0.2, -0.15) is 0 Å². The Morgan fingerprint density at radius 3 is 2.38 bits per heavy atom. The van der Waals surface area contributed by atoms with E-state index in [2.05, 4.69) is 20.7 Å². The van der Waals surface area contributed by atoms with E-state index >= 15 is 0 Å². The molecule has 0 unspecified atom stereocenters. The molecule has 0 aliphatic rings. The summed E-state index contributed by atoms with van der Waals surface area (Å²) in [6, 6.07) is 6.98. The number of hydrogen-bond donors (Lipinski definition) is 2. The Balaban J connectivity index is 2.42. The summed E-state index contributed by atoms with van der Waals surface area (Å²) in [6.45, 7) is -0.605. The van der Waals surface area contributed by atoms with Crippen molar-refractivity contribution in [1.82, 2.24) is 0 Å². The highest BCUT2D eigenvalue weighted by molar-refractivity contribution is 9.10. The van der Waals surface area contributed by atoms with Gasteiger partial charge < -0.3 is 14.6 Å². The zero-order chi connectivity index (χ0) is 19.4. The molecule has 1 N–H and O–H groups in total. The molecule has 0 spiro atoms. The molecule has 0 aliphatic heterocycles. The van der Waals surface area contributed by atoms with Crippen molar-refractivity contribution >= 4 is 61.7 Å². The molecule has 2 aromatic carbocycles. The normalized spacial score (nSPS) is 10.7. The maximum Gasteiger partial charge on any atom is 0.326 e. The zero-order valence-electron chi connectivity index (χ0n) is 13.1. The van der Waals surface area contributed by atoms with Crippen LogP contribution in [-0.2, 0) is 20.4 Å². The van der Waals surface area contributed by atoms with E-state index in [1.54, 1.807) is 12.1 Å². The maximum atomic E-state index is 11.5. The predicted octanol–water partition coefficient (Wildman–Crippen LogP) is 3.76. The molecular weight excluding hydrogens is 473 g/mol. The first-order valence-electron chi connectivity index (χ1n) is 6.87. The summed E-state index contributed by atoms with van der Waals surface area (Å²) in [4.78, 5) is 11.4. The van der Waals surface area contributed by atoms with Crippen LogP contribution in [0.4, 0.5) is 5.69 Å². The number of methoxy groups -OCH3 is 1. The summed E-state index contributed by atoms with van der Waals surface area (Å²) in [7, 11) is -2.10. The highest BCUT2D eigenvalue weighted by atomic mass is 79.9. The fourth-order valence-corrected chi connectivity index (χ4v) is 3.79. The van der Waals surface area contributed by atoms with Gasteiger partial charge in [-0.15, -0.1) is 0 Å². The molecule has 0 saturated carbocycles. The van der Waals surface area contributed by atoms with Gasteiger partial charge in [-0.25, -0.2) is 8.42 Å². The van der Waals surface area contributed by atoms with E-state index in [0.717, 1.165) is 7.11 Å². The SMILES string of the molecule is COC(=O)CN(c1cc(Oc2c(Cl)cc(Br)cc2Cl)ccc1O)[SH](=O)=O. The standard InChI is InChI=1S/C15H12BrCl2NO6S/c1-24-14(21)7-19(26(22)23)12-6-9(2-3-13(12)20)25-15-10(17)4-8(16)5-11(15)18/h2-6,20,26H,7H2,1H3. The Hall–Kier alpha value is -1.68. The highest BCUT2D eigenvalue weighted by Gasteiger charge is 2.19. The van der Waals surface area contributed by atoms with Gasteiger partial charge in [0.1, 0.15) is 18.0 Å². The minimum absolute atomic E-state index is 0.149. The fraction of sp³-hybridized carbons (Fsp3) is 0.133. The van der Waals surface area contributed by atoms with Crippen molar-refractivity contribution < 1.29 is 27.8 Å². The summed E-state index contributed by atoms with van der Waals surface area (Å²) < 4.78 is 34.3. The summed E-state index contributed by atoms with van der Waals surface area (Å²) in [6.07, 6.45) is 0. The lowest BCUT2D eigenvalue weighted by Gasteiger charge is -2.18. The molecule has 0 radical (unpaired) electrons. The van der Waals surface area contributed by atoms with Crippen LogP contribution in [0.3, 0.4) is 0 Å². The number of hydrogen-bond acceptors (Lipinski definition) is 6. The third-order valence-corrected chi connectivity index (χ3v) is 4.88. The van der Waals surface area contributed by atoms with E-state index in [1.807, 2.05) is 0 Å². The van der Waals surface area contributed by atoms with E-state index in [4.69, 9.17) is 27.9 Å². The molecule has 0 aromatic heterocycles. The summed E-state index contributed by atoms with van der Waals surface area (Å²) >= 11 is 15.4. The molecule has 0 bridgehead atoms. The Morgan fingerprint density at radius 2 is 1.85 bits per heavy atom. The van der Waals surface area contributed by atoms with Crippen LogP contribution in [0, 0.1) is 0 Å². The van der Waals surface area contributed by atoms with Crippen molar-refractivity contribution in [2.45, 2.75) is 0 Å². The lowest BCUT2D eigenvalue weighted by atomic mass is 10.2. The maximum absolute atomic E-state index is 11.5. The van der Waals surface area contributed by atoms with Gasteiger partial charge in [-0.05, 0) is 24.3 Å². The largest absolute Gasteiger partial charge is 0.506 e. The van der Waals surface area contributed by atoms with Crippen LogP contribution >= 0.6 is 39.1 Å². The number of ether oxygens (including phenoxy) is 2. The predicted molar refractivity (Wildman–Crippen MR) is 102 cm³/mol. The van der Waals surface area contributed by atoms with Crippen LogP contribution in [0.25, 0.3) is 0 Å². The van der Waals surface area contributed by atoms with Gasteiger partial charge >= 0.3 is 5.97 Å². The molecule has 7 nitrogen and oxygen atoms in total. The molecule has 2 aromatic rings. The first-order valence-corrected chi connectivity index (χ1v) is 9.55. The van der Waals surface area contributed by atoms with Gasteiger partial charge in [0, 0.05) is 10.5 Å². The number of nitrogens with zero attached hydrogens (tertiary/aromatic N) is 1. The number of halogens is 3. The van der Waals surface area contributed by atoms with Crippen molar-refractivity contribution in [3.05, 3.63) is 44.8 Å². The van der Waals surface area contributed by atoms with Crippen molar-refractivity contribution in [2.75, 3.05) is 18.0 Å². The number of esters is 1. The Labute approximate surface area is 169 Å². The van der Waals surface area contributed by atoms with Crippen LogP contribution in [0.1, 0.15) is 0 Å². The number of anilines is 1. The first-order chi connectivity index (χ1) is 12.2. The molecule has 11 heteroatoms. The molecule has 0 heterocycles. The molecule has 26 heavy (non-hydrogen) atoms. The number of aromatic hydroxyl groups is 1. The minimum atomic E-state index is -3.22. The number of benzene rings is 2. The quantitative estimate of drug-likeness (QED) is 0.479. The van der Waals surface area contributed by atoms with E-state index in [1.165, 1.54) is 18.2 Å². The van der Waals surface area contributed by atoms with E-state index < -0.39 is 23.4 Å².